The largest absolute Gasteiger partial charge is 0.383 e. The summed E-state index contributed by atoms with van der Waals surface area (Å²) in [7, 11) is -0.234. The number of amides is 1. The summed E-state index contributed by atoms with van der Waals surface area (Å²) >= 11 is 6.11. The van der Waals surface area contributed by atoms with Gasteiger partial charge in [0.15, 0.2) is 10.7 Å². The van der Waals surface area contributed by atoms with Crippen LogP contribution in [0.4, 0.5) is 5.69 Å². The van der Waals surface area contributed by atoms with Gasteiger partial charge in [-0.15, -0.1) is 0 Å². The van der Waals surface area contributed by atoms with Crippen molar-refractivity contribution in [2.24, 2.45) is 5.92 Å². The van der Waals surface area contributed by atoms with Gasteiger partial charge >= 0.3 is 0 Å². The molecule has 0 aliphatic carbocycles. The molecule has 10 heteroatoms. The number of sulfonamides is 1. The first-order chi connectivity index (χ1) is 14.2. The van der Waals surface area contributed by atoms with Crippen LogP contribution in [0.5, 0.6) is 0 Å². The van der Waals surface area contributed by atoms with Crippen LogP contribution in [0.15, 0.2) is 39.9 Å². The number of aromatic nitrogens is 1. The van der Waals surface area contributed by atoms with Crippen molar-refractivity contribution in [3.05, 3.63) is 46.9 Å². The van der Waals surface area contributed by atoms with Gasteiger partial charge in [0.1, 0.15) is 5.69 Å². The maximum Gasteiger partial charge on any atom is 0.248 e. The van der Waals surface area contributed by atoms with E-state index < -0.39 is 15.9 Å². The monoisotopic (exact) mass is 452 g/mol. The third-order valence-corrected chi connectivity index (χ3v) is 7.20. The minimum Gasteiger partial charge on any atom is -0.383 e. The number of nitrogens with one attached hydrogen (secondary N) is 1. The van der Waals surface area contributed by atoms with Gasteiger partial charge in [0.05, 0.1) is 16.6 Å². The third kappa shape index (κ3) is 4.85. The SMILES string of the molecule is Cc1noc(/C=C/N(C)C)c1S(=O)(=O)N1CCC[C@H](C(=O)Nc2ccccc2Cl)C1. The molecular formula is C20H25ClN4O4S. The van der Waals surface area contributed by atoms with Crippen molar-refractivity contribution in [2.45, 2.75) is 24.7 Å². The fraction of sp³-hybridized carbons (Fsp3) is 0.400. The average Bonchev–Trinajstić information content (AvgIpc) is 3.09. The molecule has 0 spiro atoms. The number of nitrogens with zero attached hydrogens (tertiary/aromatic N) is 3. The molecule has 1 amide bonds. The topological polar surface area (TPSA) is 95.8 Å². The van der Waals surface area contributed by atoms with Crippen LogP contribution in [0.2, 0.25) is 5.02 Å². The van der Waals surface area contributed by atoms with Crippen molar-refractivity contribution in [1.29, 1.82) is 0 Å². The third-order valence-electron chi connectivity index (χ3n) is 4.84. The predicted molar refractivity (Wildman–Crippen MR) is 116 cm³/mol. The van der Waals surface area contributed by atoms with E-state index in [1.165, 1.54) is 4.31 Å². The lowest BCUT2D eigenvalue weighted by Gasteiger charge is -2.31. The molecule has 1 aliphatic heterocycles. The van der Waals surface area contributed by atoms with E-state index in [-0.39, 0.29) is 28.8 Å². The Bertz CT molecular complexity index is 1050. The van der Waals surface area contributed by atoms with Gasteiger partial charge in [0, 0.05) is 39.5 Å². The number of piperidine rings is 1. The minimum atomic E-state index is -3.87. The first kappa shape index (κ1) is 22.3. The molecule has 1 aromatic heterocycles. The first-order valence-electron chi connectivity index (χ1n) is 9.56. The second-order valence-corrected chi connectivity index (χ2v) is 9.69. The maximum atomic E-state index is 13.3. The molecule has 1 fully saturated rings. The Morgan fingerprint density at radius 3 is 2.80 bits per heavy atom. The minimum absolute atomic E-state index is 0.0350. The van der Waals surface area contributed by atoms with Crippen LogP contribution < -0.4 is 5.32 Å². The van der Waals surface area contributed by atoms with E-state index >= 15 is 0 Å². The zero-order valence-electron chi connectivity index (χ0n) is 17.1. The first-order valence-corrected chi connectivity index (χ1v) is 11.4. The number of carbonyl (C=O) groups is 1. The fourth-order valence-electron chi connectivity index (χ4n) is 3.32. The summed E-state index contributed by atoms with van der Waals surface area (Å²) < 4.78 is 33.2. The lowest BCUT2D eigenvalue weighted by atomic mass is 9.99. The number of hydrogen-bond donors (Lipinski definition) is 1. The Morgan fingerprint density at radius 2 is 2.10 bits per heavy atom. The van der Waals surface area contributed by atoms with E-state index in [9.17, 15) is 13.2 Å². The van der Waals surface area contributed by atoms with E-state index in [0.29, 0.717) is 30.1 Å². The van der Waals surface area contributed by atoms with E-state index in [1.54, 1.807) is 48.4 Å². The zero-order valence-corrected chi connectivity index (χ0v) is 18.7. The van der Waals surface area contributed by atoms with E-state index in [0.717, 1.165) is 0 Å². The Labute approximate surface area is 181 Å². The number of para-hydroxylation sites is 1. The molecule has 0 radical (unpaired) electrons. The van der Waals surface area contributed by atoms with E-state index in [4.69, 9.17) is 16.1 Å². The van der Waals surface area contributed by atoms with Crippen molar-refractivity contribution < 1.29 is 17.7 Å². The number of carbonyl (C=O) groups excluding carboxylic acids is 1. The molecule has 1 N–H and O–H groups in total. The molecule has 2 heterocycles. The molecule has 8 nitrogen and oxygen atoms in total. The summed E-state index contributed by atoms with van der Waals surface area (Å²) in [6.45, 7) is 2.01. The van der Waals surface area contributed by atoms with Crippen LogP contribution in [-0.4, -0.2) is 55.9 Å². The van der Waals surface area contributed by atoms with Crippen LogP contribution in [0.25, 0.3) is 6.08 Å². The molecule has 1 aromatic carbocycles. The van der Waals surface area contributed by atoms with Gasteiger partial charge < -0.3 is 14.7 Å². The molecule has 30 heavy (non-hydrogen) atoms. The number of benzene rings is 1. The summed E-state index contributed by atoms with van der Waals surface area (Å²) in [5, 5.41) is 7.07. The standard InChI is InChI=1S/C20H25ClN4O4S/c1-14-19(18(29-23-14)10-12-24(2)3)30(27,28)25-11-6-7-15(13-25)20(26)22-17-9-5-4-8-16(17)21/h4-5,8-10,12,15H,6-7,11,13H2,1-3H3,(H,22,26)/b12-10+/t15-/m0/s1. The number of halogens is 1. The summed E-state index contributed by atoms with van der Waals surface area (Å²) in [6.07, 6.45) is 4.43. The summed E-state index contributed by atoms with van der Waals surface area (Å²) in [5.74, 6) is -0.563. The number of hydrogen-bond acceptors (Lipinski definition) is 6. The smallest absolute Gasteiger partial charge is 0.248 e. The molecule has 3 rings (SSSR count). The Morgan fingerprint density at radius 1 is 1.37 bits per heavy atom. The molecule has 2 aromatic rings. The summed E-state index contributed by atoms with van der Waals surface area (Å²) in [6, 6.07) is 6.95. The number of rotatable bonds is 6. The summed E-state index contributed by atoms with van der Waals surface area (Å²) in [4.78, 5) is 14.6. The molecule has 0 saturated carbocycles. The fourth-order valence-corrected chi connectivity index (χ4v) is 5.27. The van der Waals surface area contributed by atoms with Crippen molar-refractivity contribution in [3.8, 4) is 0 Å². The normalized spacial score (nSPS) is 17.9. The zero-order chi connectivity index (χ0) is 21.9. The summed E-state index contributed by atoms with van der Waals surface area (Å²) in [5.41, 5.74) is 0.797. The average molecular weight is 453 g/mol. The van der Waals surface area contributed by atoms with Crippen LogP contribution >= 0.6 is 11.6 Å². The van der Waals surface area contributed by atoms with Crippen LogP contribution in [0.1, 0.15) is 24.3 Å². The maximum absolute atomic E-state index is 13.3. The molecule has 162 valence electrons. The molecule has 1 saturated heterocycles. The molecule has 1 aliphatic rings. The van der Waals surface area contributed by atoms with Crippen molar-refractivity contribution in [2.75, 3.05) is 32.5 Å². The van der Waals surface area contributed by atoms with Crippen LogP contribution in [0.3, 0.4) is 0 Å². The highest BCUT2D eigenvalue weighted by Gasteiger charge is 2.37. The second-order valence-electron chi connectivity index (χ2n) is 7.41. The van der Waals surface area contributed by atoms with Gasteiger partial charge in [0.25, 0.3) is 0 Å². The quantitative estimate of drug-likeness (QED) is 0.723. The van der Waals surface area contributed by atoms with Crippen molar-refractivity contribution >= 4 is 39.3 Å². The Kier molecular flexibility index (Phi) is 6.84. The lowest BCUT2D eigenvalue weighted by Crippen LogP contribution is -2.43. The van der Waals surface area contributed by atoms with Gasteiger partial charge in [-0.05, 0) is 31.9 Å². The molecule has 0 unspecified atom stereocenters. The number of anilines is 1. The number of aryl methyl sites for hydroxylation is 1. The van der Waals surface area contributed by atoms with Crippen molar-refractivity contribution in [3.63, 3.8) is 0 Å². The Balaban J connectivity index is 1.80. The van der Waals surface area contributed by atoms with E-state index in [1.807, 2.05) is 14.1 Å². The molecule has 1 atom stereocenters. The van der Waals surface area contributed by atoms with Gasteiger partial charge in [0.2, 0.25) is 15.9 Å². The highest BCUT2D eigenvalue weighted by molar-refractivity contribution is 7.89. The van der Waals surface area contributed by atoms with Crippen molar-refractivity contribution in [1.82, 2.24) is 14.4 Å². The predicted octanol–water partition coefficient (Wildman–Crippen LogP) is 3.21. The highest BCUT2D eigenvalue weighted by Crippen LogP contribution is 2.30. The molecular weight excluding hydrogens is 428 g/mol. The molecule has 0 bridgehead atoms. The van der Waals surface area contributed by atoms with Crippen LogP contribution in [0, 0.1) is 12.8 Å². The second kappa shape index (κ2) is 9.20. The van der Waals surface area contributed by atoms with E-state index in [2.05, 4.69) is 10.5 Å². The Hall–Kier alpha value is -2.36. The van der Waals surface area contributed by atoms with Crippen LogP contribution in [-0.2, 0) is 14.8 Å². The van der Waals surface area contributed by atoms with Gasteiger partial charge in [-0.1, -0.05) is 28.9 Å². The highest BCUT2D eigenvalue weighted by atomic mass is 35.5. The lowest BCUT2D eigenvalue weighted by molar-refractivity contribution is -0.120. The van der Waals surface area contributed by atoms with Gasteiger partial charge in [-0.3, -0.25) is 4.79 Å². The van der Waals surface area contributed by atoms with Gasteiger partial charge in [-0.2, -0.15) is 4.31 Å². The van der Waals surface area contributed by atoms with Gasteiger partial charge in [-0.25, -0.2) is 8.42 Å².